The SMILES string of the molecule is Cc1c(S(C)(=O)=O)nc(C(OC2(C)CCC2)c2ccc(F)c(Cl)c2)n1COCC[Si](C)(C)C. The highest BCUT2D eigenvalue weighted by molar-refractivity contribution is 7.90. The maximum Gasteiger partial charge on any atom is 0.194 e. The Bertz CT molecular complexity index is 1110. The molecule has 1 fully saturated rings. The van der Waals surface area contributed by atoms with Gasteiger partial charge in [0.2, 0.25) is 0 Å². The number of halogens is 2. The van der Waals surface area contributed by atoms with E-state index in [1.165, 1.54) is 12.1 Å². The molecule has 0 radical (unpaired) electrons. The van der Waals surface area contributed by atoms with Gasteiger partial charge in [-0.15, -0.1) is 0 Å². The molecule has 0 bridgehead atoms. The second-order valence-corrected chi connectivity index (χ2v) is 18.3. The summed E-state index contributed by atoms with van der Waals surface area (Å²) in [5.41, 5.74) is 0.726. The monoisotopic (exact) mass is 516 g/mol. The quantitative estimate of drug-likeness (QED) is 0.297. The number of hydrogen-bond donors (Lipinski definition) is 0. The van der Waals surface area contributed by atoms with Gasteiger partial charge in [0.1, 0.15) is 24.5 Å². The summed E-state index contributed by atoms with van der Waals surface area (Å²) in [5.74, 6) is -0.114. The van der Waals surface area contributed by atoms with Crippen molar-refractivity contribution in [1.82, 2.24) is 9.55 Å². The van der Waals surface area contributed by atoms with E-state index in [0.29, 0.717) is 23.7 Å². The van der Waals surface area contributed by atoms with Crippen molar-refractivity contribution in [3.05, 3.63) is 46.1 Å². The lowest BCUT2D eigenvalue weighted by atomic mass is 9.81. The van der Waals surface area contributed by atoms with E-state index in [0.717, 1.165) is 31.6 Å². The molecule has 1 atom stereocenters. The summed E-state index contributed by atoms with van der Waals surface area (Å²) >= 11 is 6.08. The van der Waals surface area contributed by atoms with Crippen molar-refractivity contribution in [3.8, 4) is 0 Å². The van der Waals surface area contributed by atoms with Crippen LogP contribution in [-0.4, -0.2) is 44.5 Å². The standard InChI is InChI=1S/C23H34ClFN2O4SSi/c1-16-22(32(3,28)29)26-21(27(16)15-30-12-13-33(4,5)6)20(31-23(2)10-7-11-23)17-8-9-19(25)18(24)14-17/h8-9,14,20H,7,10-13,15H2,1-6H3. The smallest absolute Gasteiger partial charge is 0.194 e. The van der Waals surface area contributed by atoms with E-state index in [1.54, 1.807) is 17.6 Å². The Balaban J connectivity index is 2.05. The van der Waals surface area contributed by atoms with Gasteiger partial charge in [0.05, 0.1) is 16.3 Å². The Kier molecular flexibility index (Phi) is 7.80. The second kappa shape index (κ2) is 9.77. The lowest BCUT2D eigenvalue weighted by Crippen LogP contribution is -2.38. The molecule has 6 nitrogen and oxygen atoms in total. The number of rotatable bonds is 10. The molecule has 0 amide bonds. The first-order chi connectivity index (χ1) is 15.2. The highest BCUT2D eigenvalue weighted by Gasteiger charge is 2.39. The molecular formula is C23H34ClFN2O4SSi. The third kappa shape index (κ3) is 6.45. The van der Waals surface area contributed by atoms with E-state index in [4.69, 9.17) is 21.1 Å². The molecule has 1 unspecified atom stereocenters. The first kappa shape index (κ1) is 26.3. The highest BCUT2D eigenvalue weighted by atomic mass is 35.5. The minimum Gasteiger partial charge on any atom is -0.361 e. The minimum atomic E-state index is -3.58. The molecule has 184 valence electrons. The summed E-state index contributed by atoms with van der Waals surface area (Å²) in [6.45, 7) is 11.3. The fourth-order valence-corrected chi connectivity index (χ4v) is 5.66. The van der Waals surface area contributed by atoms with Gasteiger partial charge in [-0.05, 0) is 56.9 Å². The summed E-state index contributed by atoms with van der Waals surface area (Å²) in [6, 6.07) is 5.40. The molecule has 1 aromatic heterocycles. The van der Waals surface area contributed by atoms with Crippen molar-refractivity contribution in [2.24, 2.45) is 0 Å². The molecular weight excluding hydrogens is 483 g/mol. The number of sulfone groups is 1. The maximum atomic E-state index is 13.9. The number of aromatic nitrogens is 2. The van der Waals surface area contributed by atoms with Gasteiger partial charge in [0.15, 0.2) is 14.9 Å². The average molecular weight is 517 g/mol. The molecule has 3 rings (SSSR count). The van der Waals surface area contributed by atoms with Crippen LogP contribution in [0.1, 0.15) is 49.4 Å². The zero-order valence-corrected chi connectivity index (χ0v) is 22.8. The number of imidazole rings is 1. The Labute approximate surface area is 202 Å². The molecule has 2 aromatic rings. The molecule has 0 N–H and O–H groups in total. The molecule has 33 heavy (non-hydrogen) atoms. The summed E-state index contributed by atoms with van der Waals surface area (Å²) in [5, 5.41) is -0.0312. The lowest BCUT2D eigenvalue weighted by Gasteiger charge is -2.41. The van der Waals surface area contributed by atoms with Crippen LogP contribution in [0.2, 0.25) is 30.7 Å². The molecule has 10 heteroatoms. The van der Waals surface area contributed by atoms with E-state index < -0.39 is 29.8 Å². The van der Waals surface area contributed by atoms with Crippen LogP contribution >= 0.6 is 11.6 Å². The third-order valence-corrected chi connectivity index (χ3v) is 9.15. The zero-order chi connectivity index (χ0) is 24.6. The highest BCUT2D eigenvalue weighted by Crippen LogP contribution is 2.42. The predicted octanol–water partition coefficient (Wildman–Crippen LogP) is 5.75. The Morgan fingerprint density at radius 1 is 1.30 bits per heavy atom. The van der Waals surface area contributed by atoms with Crippen molar-refractivity contribution in [2.45, 2.75) is 82.3 Å². The molecule has 1 saturated carbocycles. The predicted molar refractivity (Wildman–Crippen MR) is 131 cm³/mol. The molecule has 1 aliphatic rings. The normalized spacial score (nSPS) is 17.1. The largest absolute Gasteiger partial charge is 0.361 e. The van der Waals surface area contributed by atoms with Gasteiger partial charge in [-0.25, -0.2) is 17.8 Å². The number of ether oxygens (including phenoxy) is 2. The van der Waals surface area contributed by atoms with E-state index in [9.17, 15) is 12.8 Å². The summed E-state index contributed by atoms with van der Waals surface area (Å²) < 4.78 is 53.1. The molecule has 1 aromatic carbocycles. The second-order valence-electron chi connectivity index (χ2n) is 10.4. The van der Waals surface area contributed by atoms with Crippen LogP contribution in [0.25, 0.3) is 0 Å². The van der Waals surface area contributed by atoms with Crippen LogP contribution in [0.4, 0.5) is 4.39 Å². The van der Waals surface area contributed by atoms with Crippen LogP contribution in [0.15, 0.2) is 23.2 Å². The lowest BCUT2D eigenvalue weighted by molar-refractivity contribution is -0.120. The van der Waals surface area contributed by atoms with E-state index in [1.807, 2.05) is 6.92 Å². The molecule has 1 heterocycles. The first-order valence-corrected chi connectivity index (χ1v) is 17.2. The van der Waals surface area contributed by atoms with Crippen LogP contribution < -0.4 is 0 Å². The minimum absolute atomic E-state index is 0.00753. The van der Waals surface area contributed by atoms with Crippen LogP contribution in [0, 0.1) is 12.7 Å². The Morgan fingerprint density at radius 3 is 2.48 bits per heavy atom. The van der Waals surface area contributed by atoms with Gasteiger partial charge in [0.25, 0.3) is 0 Å². The number of benzene rings is 1. The van der Waals surface area contributed by atoms with Crippen molar-refractivity contribution in [3.63, 3.8) is 0 Å². The molecule has 1 aliphatic carbocycles. The number of hydrogen-bond acceptors (Lipinski definition) is 5. The topological polar surface area (TPSA) is 70.4 Å². The van der Waals surface area contributed by atoms with Gasteiger partial charge in [0, 0.05) is 20.9 Å². The number of nitrogens with zero attached hydrogens (tertiary/aromatic N) is 2. The summed E-state index contributed by atoms with van der Waals surface area (Å²) in [6.07, 6.45) is 3.23. The van der Waals surface area contributed by atoms with Crippen molar-refractivity contribution in [2.75, 3.05) is 12.9 Å². The summed E-state index contributed by atoms with van der Waals surface area (Å²) in [7, 11) is -4.86. The van der Waals surface area contributed by atoms with Crippen LogP contribution in [0.5, 0.6) is 0 Å². The maximum absolute atomic E-state index is 13.9. The van der Waals surface area contributed by atoms with Gasteiger partial charge < -0.3 is 14.0 Å². The molecule has 0 saturated heterocycles. The van der Waals surface area contributed by atoms with E-state index >= 15 is 0 Å². The van der Waals surface area contributed by atoms with Crippen LogP contribution in [0.3, 0.4) is 0 Å². The van der Waals surface area contributed by atoms with E-state index in [-0.39, 0.29) is 22.4 Å². The van der Waals surface area contributed by atoms with E-state index in [2.05, 4.69) is 24.6 Å². The van der Waals surface area contributed by atoms with Crippen molar-refractivity contribution >= 4 is 29.5 Å². The van der Waals surface area contributed by atoms with Crippen LogP contribution in [-0.2, 0) is 26.0 Å². The van der Waals surface area contributed by atoms with Crippen molar-refractivity contribution in [1.29, 1.82) is 0 Å². The Morgan fingerprint density at radius 2 is 1.97 bits per heavy atom. The molecule has 0 spiro atoms. The third-order valence-electron chi connectivity index (χ3n) is 6.07. The van der Waals surface area contributed by atoms with Gasteiger partial charge in [-0.2, -0.15) is 0 Å². The fraction of sp³-hybridized carbons (Fsp3) is 0.609. The zero-order valence-electron chi connectivity index (χ0n) is 20.2. The average Bonchev–Trinajstić information content (AvgIpc) is 3.00. The Hall–Kier alpha value is -1.26. The van der Waals surface area contributed by atoms with Gasteiger partial charge in [-0.3, -0.25) is 0 Å². The van der Waals surface area contributed by atoms with Gasteiger partial charge >= 0.3 is 0 Å². The van der Waals surface area contributed by atoms with Crippen molar-refractivity contribution < 1.29 is 22.3 Å². The fourth-order valence-electron chi connectivity index (χ4n) is 3.80. The first-order valence-electron chi connectivity index (χ1n) is 11.2. The molecule has 0 aliphatic heterocycles. The summed E-state index contributed by atoms with van der Waals surface area (Å²) in [4.78, 5) is 4.52. The van der Waals surface area contributed by atoms with Gasteiger partial charge in [-0.1, -0.05) is 37.3 Å².